The maximum Gasteiger partial charge on any atom is 0.183 e. The van der Waals surface area contributed by atoms with E-state index in [0.29, 0.717) is 68.5 Å². The van der Waals surface area contributed by atoms with Crippen LogP contribution in [0, 0.1) is 23.3 Å². The average molecular weight is 533 g/mol. The molecular weight excluding hydrogens is 500 g/mol. The molecule has 0 radical (unpaired) electrons. The van der Waals surface area contributed by atoms with Crippen molar-refractivity contribution in [2.24, 2.45) is 0 Å². The molecule has 0 spiro atoms. The lowest BCUT2D eigenvalue weighted by atomic mass is 10.1. The van der Waals surface area contributed by atoms with E-state index >= 15 is 0 Å². The Morgan fingerprint density at radius 2 is 1.76 bits per heavy atom. The van der Waals surface area contributed by atoms with Gasteiger partial charge in [-0.25, -0.2) is 17.6 Å². The molecule has 38 heavy (non-hydrogen) atoms. The highest BCUT2D eigenvalue weighted by molar-refractivity contribution is 5.84. The van der Waals surface area contributed by atoms with Crippen LogP contribution < -0.4 is 0 Å². The molecule has 10 heteroatoms. The number of hydrogen-bond acceptors (Lipinski definition) is 4. The third-order valence-corrected chi connectivity index (χ3v) is 7.45. The van der Waals surface area contributed by atoms with Crippen LogP contribution in [0.4, 0.5) is 17.6 Å². The maximum absolute atomic E-state index is 15.0. The van der Waals surface area contributed by atoms with Crippen molar-refractivity contribution in [1.82, 2.24) is 18.9 Å². The summed E-state index contributed by atoms with van der Waals surface area (Å²) < 4.78 is 60.6. The quantitative estimate of drug-likeness (QED) is 0.302. The van der Waals surface area contributed by atoms with Gasteiger partial charge in [0.05, 0.1) is 23.2 Å². The van der Waals surface area contributed by atoms with Crippen molar-refractivity contribution < 1.29 is 27.8 Å². The number of likely N-dealkylation sites (tertiary alicyclic amines) is 1. The predicted molar refractivity (Wildman–Crippen MR) is 138 cm³/mol. The van der Waals surface area contributed by atoms with Crippen molar-refractivity contribution in [3.8, 4) is 0 Å². The molecule has 5 rings (SSSR count). The van der Waals surface area contributed by atoms with Gasteiger partial charge in [0.15, 0.2) is 11.6 Å². The van der Waals surface area contributed by atoms with E-state index in [4.69, 9.17) is 0 Å². The molecule has 1 aliphatic rings. The zero-order valence-corrected chi connectivity index (χ0v) is 21.3. The van der Waals surface area contributed by atoms with Crippen LogP contribution in [0.1, 0.15) is 18.9 Å². The predicted octanol–water partition coefficient (Wildman–Crippen LogP) is 4.10. The molecule has 2 aromatic heterocycles. The highest BCUT2D eigenvalue weighted by Gasteiger charge is 2.31. The minimum absolute atomic E-state index is 0.109. The first-order valence-corrected chi connectivity index (χ1v) is 12.8. The monoisotopic (exact) mass is 532 g/mol. The van der Waals surface area contributed by atoms with Gasteiger partial charge in [0.25, 0.3) is 0 Å². The van der Waals surface area contributed by atoms with Gasteiger partial charge in [-0.1, -0.05) is 0 Å². The fraction of sp³-hybridized carbons (Fsp3) is 0.429. The minimum Gasteiger partial charge on any atom is -0.395 e. The van der Waals surface area contributed by atoms with Gasteiger partial charge in [0.1, 0.15) is 11.6 Å². The maximum atomic E-state index is 15.0. The van der Waals surface area contributed by atoms with Crippen LogP contribution in [0.3, 0.4) is 0 Å². The number of aliphatic hydroxyl groups excluding tert-OH is 1. The van der Waals surface area contributed by atoms with Crippen LogP contribution >= 0.6 is 0 Å². The second-order valence-corrected chi connectivity index (χ2v) is 10.5. The molecule has 3 heterocycles. The summed E-state index contributed by atoms with van der Waals surface area (Å²) >= 11 is 0. The molecule has 1 saturated heterocycles. The van der Waals surface area contributed by atoms with Crippen LogP contribution in [0.25, 0.3) is 21.8 Å². The molecule has 1 fully saturated rings. The molecule has 204 valence electrons. The van der Waals surface area contributed by atoms with Crippen LogP contribution in [-0.2, 0) is 19.6 Å². The van der Waals surface area contributed by atoms with Gasteiger partial charge in [-0.05, 0) is 43.2 Å². The van der Waals surface area contributed by atoms with Crippen LogP contribution in [-0.4, -0.2) is 74.1 Å². The van der Waals surface area contributed by atoms with E-state index in [-0.39, 0.29) is 12.1 Å². The smallest absolute Gasteiger partial charge is 0.183 e. The van der Waals surface area contributed by atoms with E-state index < -0.39 is 28.9 Å². The third-order valence-electron chi connectivity index (χ3n) is 7.45. The first-order valence-electron chi connectivity index (χ1n) is 12.8. The molecule has 0 amide bonds. The lowest BCUT2D eigenvalue weighted by Crippen LogP contribution is -2.31. The SMILES string of the molecule is CC1(O)CCN(CCn2cc(CN(CCO)CCn3ccc4cc(F)cc(F)c43)c3ccc(F)c(F)c32)C1. The number of benzene rings is 2. The normalized spacial score (nSPS) is 18.5. The Morgan fingerprint density at radius 1 is 0.947 bits per heavy atom. The van der Waals surface area contributed by atoms with E-state index in [1.165, 1.54) is 6.07 Å². The highest BCUT2D eigenvalue weighted by atomic mass is 19.2. The molecule has 1 atom stereocenters. The molecule has 0 saturated carbocycles. The summed E-state index contributed by atoms with van der Waals surface area (Å²) in [5.41, 5.74) is 0.543. The standard InChI is InChI=1S/C28H32F4N4O2/c1-28(38)5-7-34(18-28)9-11-36-17-20(22-2-3-23(30)25(32)27(22)36)16-33(12-13-37)8-10-35-6-4-19-14-21(29)15-24(31)26(19)35/h2-4,6,14-15,17,37-38H,5,7-13,16,18H2,1H3. The second-order valence-electron chi connectivity index (χ2n) is 10.5. The largest absolute Gasteiger partial charge is 0.395 e. The van der Waals surface area contributed by atoms with Crippen molar-refractivity contribution >= 4 is 21.8 Å². The van der Waals surface area contributed by atoms with E-state index in [1.54, 1.807) is 34.4 Å². The zero-order chi connectivity index (χ0) is 27.0. The van der Waals surface area contributed by atoms with E-state index in [1.807, 2.05) is 11.1 Å². The summed E-state index contributed by atoms with van der Waals surface area (Å²) in [4.78, 5) is 4.07. The number of halogens is 4. The van der Waals surface area contributed by atoms with Gasteiger partial charge < -0.3 is 19.3 Å². The Bertz CT molecular complexity index is 1450. The van der Waals surface area contributed by atoms with E-state index in [9.17, 15) is 27.8 Å². The van der Waals surface area contributed by atoms with Gasteiger partial charge in [0, 0.05) is 81.6 Å². The number of β-amino-alcohol motifs (C(OH)–C–C–N with tert-alkyl or cyclic N) is 1. The van der Waals surface area contributed by atoms with Crippen molar-refractivity contribution in [3.63, 3.8) is 0 Å². The van der Waals surface area contributed by atoms with Gasteiger partial charge in [0.2, 0.25) is 0 Å². The Labute approximate surface area is 218 Å². The summed E-state index contributed by atoms with van der Waals surface area (Å²) in [6.45, 7) is 5.50. The summed E-state index contributed by atoms with van der Waals surface area (Å²) in [7, 11) is 0. The fourth-order valence-corrected chi connectivity index (χ4v) is 5.53. The molecule has 4 aromatic rings. The van der Waals surface area contributed by atoms with Crippen molar-refractivity contribution in [2.75, 3.05) is 39.3 Å². The topological polar surface area (TPSA) is 56.8 Å². The van der Waals surface area contributed by atoms with E-state index in [0.717, 1.165) is 24.2 Å². The molecule has 2 aromatic carbocycles. The minimum atomic E-state index is -0.919. The van der Waals surface area contributed by atoms with Crippen LogP contribution in [0.2, 0.25) is 0 Å². The summed E-state index contributed by atoms with van der Waals surface area (Å²) in [5, 5.41) is 21.0. The Morgan fingerprint density at radius 3 is 2.50 bits per heavy atom. The fourth-order valence-electron chi connectivity index (χ4n) is 5.53. The van der Waals surface area contributed by atoms with Crippen LogP contribution in [0.5, 0.6) is 0 Å². The summed E-state index contributed by atoms with van der Waals surface area (Å²) in [6.07, 6.45) is 4.18. The van der Waals surface area contributed by atoms with E-state index in [2.05, 4.69) is 4.90 Å². The Kier molecular flexibility index (Phi) is 7.50. The number of aliphatic hydroxyl groups is 2. The van der Waals surface area contributed by atoms with Crippen molar-refractivity contribution in [3.05, 3.63) is 71.6 Å². The Hall–Kier alpha value is -2.92. The number of aromatic nitrogens is 2. The molecular formula is C28H32F4N4O2. The highest BCUT2D eigenvalue weighted by Crippen LogP contribution is 2.28. The third kappa shape index (κ3) is 5.44. The van der Waals surface area contributed by atoms with Gasteiger partial charge in [-0.2, -0.15) is 0 Å². The molecule has 0 aliphatic carbocycles. The van der Waals surface area contributed by atoms with Gasteiger partial charge in [-0.3, -0.25) is 9.80 Å². The number of fused-ring (bicyclic) bond motifs is 2. The number of nitrogens with zero attached hydrogens (tertiary/aromatic N) is 4. The summed E-state index contributed by atoms with van der Waals surface area (Å²) in [6, 6.07) is 6.48. The molecule has 6 nitrogen and oxygen atoms in total. The van der Waals surface area contributed by atoms with Crippen molar-refractivity contribution in [2.45, 2.75) is 38.6 Å². The lowest BCUT2D eigenvalue weighted by molar-refractivity contribution is 0.0684. The van der Waals surface area contributed by atoms with Crippen LogP contribution in [0.15, 0.2) is 42.7 Å². The van der Waals surface area contributed by atoms with Gasteiger partial charge in [-0.15, -0.1) is 0 Å². The lowest BCUT2D eigenvalue weighted by Gasteiger charge is -2.22. The second kappa shape index (κ2) is 10.7. The Balaban J connectivity index is 1.36. The molecule has 2 N–H and O–H groups in total. The molecule has 1 unspecified atom stereocenters. The van der Waals surface area contributed by atoms with Crippen molar-refractivity contribution in [1.29, 1.82) is 0 Å². The number of hydrogen-bond donors (Lipinski definition) is 2. The first kappa shape index (κ1) is 26.7. The first-order chi connectivity index (χ1) is 18.1. The van der Waals surface area contributed by atoms with Gasteiger partial charge >= 0.3 is 0 Å². The molecule has 1 aliphatic heterocycles. The zero-order valence-electron chi connectivity index (χ0n) is 21.3. The number of rotatable bonds is 10. The molecule has 0 bridgehead atoms. The summed E-state index contributed by atoms with van der Waals surface area (Å²) in [5.74, 6) is -3.10. The average Bonchev–Trinajstić information content (AvgIpc) is 3.53.